The third kappa shape index (κ3) is 11.6. The smallest absolute Gasteiger partial charge is 0.326 e. The van der Waals surface area contributed by atoms with Crippen LogP contribution in [0.4, 0.5) is 0 Å². The van der Waals surface area contributed by atoms with E-state index in [1.165, 1.54) is 23.5 Å². The molecule has 0 radical (unpaired) electrons. The highest BCUT2D eigenvalue weighted by Crippen LogP contribution is 2.05. The zero-order valence-corrected chi connectivity index (χ0v) is 17.9. The topological polar surface area (TPSA) is 188 Å². The lowest BCUT2D eigenvalue weighted by Gasteiger charge is -2.23. The average Bonchev–Trinajstić information content (AvgIpc) is 2.66. The molecule has 0 spiro atoms. The molecular weight excluding hydrogens is 424 g/mol. The molecule has 13 heteroatoms. The average molecular weight is 453 g/mol. The predicted octanol–water partition coefficient (Wildman–Crippen LogP) is -1.53. The summed E-state index contributed by atoms with van der Waals surface area (Å²) >= 11 is 2.83. The lowest BCUT2D eigenvalue weighted by atomic mass is 10.1. The van der Waals surface area contributed by atoms with Gasteiger partial charge < -0.3 is 31.9 Å². The minimum Gasteiger partial charge on any atom is -0.481 e. The van der Waals surface area contributed by atoms with E-state index in [0.29, 0.717) is 11.5 Å². The number of aliphatic carboxylic acids is 2. The summed E-state index contributed by atoms with van der Waals surface area (Å²) in [6.07, 6.45) is 3.22. The highest BCUT2D eigenvalue weighted by Gasteiger charge is 2.30. The predicted molar refractivity (Wildman–Crippen MR) is 111 cm³/mol. The van der Waals surface area contributed by atoms with Crippen LogP contribution in [0.2, 0.25) is 0 Å². The molecule has 0 aromatic heterocycles. The monoisotopic (exact) mass is 452 g/mol. The van der Waals surface area contributed by atoms with E-state index in [-0.39, 0.29) is 19.4 Å². The van der Waals surface area contributed by atoms with Gasteiger partial charge in [0.15, 0.2) is 0 Å². The number of carboxylic acids is 2. The highest BCUT2D eigenvalue weighted by atomic mass is 32.2. The van der Waals surface area contributed by atoms with Gasteiger partial charge in [-0.2, -0.15) is 23.5 Å². The third-order valence-corrected chi connectivity index (χ3v) is 4.97. The van der Waals surface area contributed by atoms with Crippen molar-refractivity contribution in [1.82, 2.24) is 16.0 Å². The van der Waals surface area contributed by atoms with Gasteiger partial charge in [0.05, 0.1) is 13.0 Å². The van der Waals surface area contributed by atoms with Gasteiger partial charge in [-0.25, -0.2) is 4.79 Å². The van der Waals surface area contributed by atoms with Gasteiger partial charge in [-0.15, -0.1) is 0 Å². The van der Waals surface area contributed by atoms with E-state index < -0.39 is 54.2 Å². The summed E-state index contributed by atoms with van der Waals surface area (Å²) < 4.78 is 0. The Bertz CT molecular complexity index is 592. The number of amides is 3. The number of carboxylic acid groups (broad SMARTS) is 2. The number of carbonyl (C=O) groups excluding carboxylic acids is 3. The molecule has 3 atom stereocenters. The van der Waals surface area contributed by atoms with Crippen molar-refractivity contribution in [3.63, 3.8) is 0 Å². The Balaban J connectivity index is 5.28. The zero-order valence-electron chi connectivity index (χ0n) is 16.3. The molecule has 0 aromatic carbocycles. The molecule has 3 unspecified atom stereocenters. The molecule has 11 nitrogen and oxygen atoms in total. The third-order valence-electron chi connectivity index (χ3n) is 3.68. The number of nitrogens with one attached hydrogen (secondary N) is 3. The van der Waals surface area contributed by atoms with Crippen molar-refractivity contribution in [3.05, 3.63) is 0 Å². The Kier molecular flexibility index (Phi) is 13.9. The molecule has 7 N–H and O–H groups in total. The van der Waals surface area contributed by atoms with E-state index in [2.05, 4.69) is 16.0 Å². The molecule has 29 heavy (non-hydrogen) atoms. The number of nitrogens with two attached hydrogens (primary N) is 1. The molecule has 0 fully saturated rings. The van der Waals surface area contributed by atoms with Crippen LogP contribution in [0.25, 0.3) is 0 Å². The maximum absolute atomic E-state index is 12.5. The second-order valence-corrected chi connectivity index (χ2v) is 7.92. The minimum atomic E-state index is -1.50. The van der Waals surface area contributed by atoms with Gasteiger partial charge in [-0.05, 0) is 36.9 Å². The maximum Gasteiger partial charge on any atom is 0.326 e. The molecule has 3 amide bonds. The standard InChI is InChI=1S/C16H28N4O7S2/c1-28-5-3-9(18-12(21)8-17)14(24)20-11(7-13(22)23)15(25)19-10(16(26)27)4-6-29-2/h9-11H,3-8,17H2,1-2H3,(H,18,21)(H,19,25)(H,20,24)(H,22,23)(H,26,27). The van der Waals surface area contributed by atoms with Crippen LogP contribution in [0.3, 0.4) is 0 Å². The van der Waals surface area contributed by atoms with Gasteiger partial charge in [-0.3, -0.25) is 19.2 Å². The Morgan fingerprint density at radius 2 is 1.31 bits per heavy atom. The largest absolute Gasteiger partial charge is 0.481 e. The lowest BCUT2D eigenvalue weighted by Crippen LogP contribution is -2.56. The summed E-state index contributed by atoms with van der Waals surface area (Å²) in [5, 5.41) is 25.2. The van der Waals surface area contributed by atoms with Crippen LogP contribution in [0.1, 0.15) is 19.3 Å². The van der Waals surface area contributed by atoms with Gasteiger partial charge >= 0.3 is 11.9 Å². The fraction of sp³-hybridized carbons (Fsp3) is 0.688. The van der Waals surface area contributed by atoms with Crippen LogP contribution in [0, 0.1) is 0 Å². The molecule has 0 aliphatic heterocycles. The summed E-state index contributed by atoms with van der Waals surface area (Å²) in [5.74, 6) is -3.88. The Morgan fingerprint density at radius 1 is 0.828 bits per heavy atom. The Labute approximate surface area is 177 Å². The molecule has 0 heterocycles. The summed E-state index contributed by atoms with van der Waals surface area (Å²) in [4.78, 5) is 58.9. The highest BCUT2D eigenvalue weighted by molar-refractivity contribution is 7.98. The van der Waals surface area contributed by atoms with E-state index in [0.717, 1.165) is 0 Å². The Morgan fingerprint density at radius 3 is 1.76 bits per heavy atom. The van der Waals surface area contributed by atoms with E-state index in [9.17, 15) is 29.1 Å². The number of hydrogen-bond acceptors (Lipinski definition) is 8. The van der Waals surface area contributed by atoms with E-state index in [1.54, 1.807) is 12.5 Å². The first-order chi connectivity index (χ1) is 13.7. The second-order valence-electron chi connectivity index (χ2n) is 5.95. The van der Waals surface area contributed by atoms with Crippen molar-refractivity contribution in [1.29, 1.82) is 0 Å². The van der Waals surface area contributed by atoms with Crippen LogP contribution in [-0.4, -0.2) is 88.6 Å². The van der Waals surface area contributed by atoms with Gasteiger partial charge in [0, 0.05) is 0 Å². The maximum atomic E-state index is 12.5. The quantitative estimate of drug-likeness (QED) is 0.170. The molecule has 0 aromatic rings. The number of carbonyl (C=O) groups is 5. The number of thioether (sulfide) groups is 2. The van der Waals surface area contributed by atoms with Crippen LogP contribution in [0.5, 0.6) is 0 Å². The summed E-state index contributed by atoms with van der Waals surface area (Å²) in [6, 6.07) is -3.72. The van der Waals surface area contributed by atoms with Crippen molar-refractivity contribution >= 4 is 53.2 Å². The summed E-state index contributed by atoms with van der Waals surface area (Å²) in [7, 11) is 0. The summed E-state index contributed by atoms with van der Waals surface area (Å²) in [5.41, 5.74) is 5.24. The molecule has 0 bridgehead atoms. The zero-order chi connectivity index (χ0) is 22.4. The van der Waals surface area contributed by atoms with Crippen LogP contribution in [0.15, 0.2) is 0 Å². The molecule has 0 aliphatic carbocycles. The molecule has 0 aliphatic rings. The lowest BCUT2D eigenvalue weighted by molar-refractivity contribution is -0.143. The first-order valence-electron chi connectivity index (χ1n) is 8.68. The Hall–Kier alpha value is -1.99. The van der Waals surface area contributed by atoms with Gasteiger partial charge in [0.25, 0.3) is 0 Å². The second kappa shape index (κ2) is 14.9. The molecule has 166 valence electrons. The molecule has 0 saturated heterocycles. The molecular formula is C16H28N4O7S2. The fourth-order valence-electron chi connectivity index (χ4n) is 2.18. The fourth-order valence-corrected chi connectivity index (χ4v) is 3.12. The van der Waals surface area contributed by atoms with E-state index in [1.807, 2.05) is 0 Å². The van der Waals surface area contributed by atoms with Crippen molar-refractivity contribution in [2.75, 3.05) is 30.6 Å². The van der Waals surface area contributed by atoms with Crippen molar-refractivity contribution in [3.8, 4) is 0 Å². The molecule has 0 rings (SSSR count). The van der Waals surface area contributed by atoms with Gasteiger partial charge in [0.2, 0.25) is 17.7 Å². The van der Waals surface area contributed by atoms with Crippen molar-refractivity contribution in [2.45, 2.75) is 37.4 Å². The first-order valence-corrected chi connectivity index (χ1v) is 11.5. The van der Waals surface area contributed by atoms with E-state index in [4.69, 9.17) is 10.8 Å². The van der Waals surface area contributed by atoms with Crippen LogP contribution >= 0.6 is 23.5 Å². The summed E-state index contributed by atoms with van der Waals surface area (Å²) in [6.45, 7) is -0.335. The van der Waals surface area contributed by atoms with Crippen LogP contribution < -0.4 is 21.7 Å². The number of rotatable bonds is 15. The van der Waals surface area contributed by atoms with Crippen molar-refractivity contribution in [2.24, 2.45) is 5.73 Å². The SMILES string of the molecule is CSCCC(NC(=O)C(CC(=O)O)NC(=O)C(CCSC)NC(=O)CN)C(=O)O. The number of hydrogen-bond donors (Lipinski definition) is 6. The first kappa shape index (κ1) is 27.0. The van der Waals surface area contributed by atoms with Gasteiger partial charge in [-0.1, -0.05) is 0 Å². The minimum absolute atomic E-state index is 0.138. The van der Waals surface area contributed by atoms with Crippen molar-refractivity contribution < 1.29 is 34.2 Å². The van der Waals surface area contributed by atoms with Crippen LogP contribution in [-0.2, 0) is 24.0 Å². The van der Waals surface area contributed by atoms with E-state index >= 15 is 0 Å². The normalized spacial score (nSPS) is 13.6. The molecule has 0 saturated carbocycles. The van der Waals surface area contributed by atoms with Gasteiger partial charge in [0.1, 0.15) is 18.1 Å².